The van der Waals surface area contributed by atoms with Crippen molar-refractivity contribution in [2.45, 2.75) is 26.2 Å². The van der Waals surface area contributed by atoms with Gasteiger partial charge in [0.1, 0.15) is 0 Å². The Kier molecular flexibility index (Phi) is 5.57. The number of likely N-dealkylation sites (N-methyl/N-ethyl adjacent to an activating group) is 1. The number of nitrogens with zero attached hydrogens (tertiary/aromatic N) is 1. The summed E-state index contributed by atoms with van der Waals surface area (Å²) in [4.78, 5) is 26.7. The van der Waals surface area contributed by atoms with Gasteiger partial charge in [0.25, 0.3) is 0 Å². The summed E-state index contributed by atoms with van der Waals surface area (Å²) in [5.41, 5.74) is 0.976. The van der Waals surface area contributed by atoms with Crippen LogP contribution in [0.2, 0.25) is 0 Å². The van der Waals surface area contributed by atoms with Gasteiger partial charge < -0.3 is 10.6 Å². The SMILES string of the molecule is CC[C@@H](C)c1csc(NC(=O)NCC(=O)NC)n1. The number of amides is 3. The molecule has 7 heteroatoms. The fraction of sp³-hybridized carbons (Fsp3) is 0.545. The van der Waals surface area contributed by atoms with E-state index in [9.17, 15) is 9.59 Å². The van der Waals surface area contributed by atoms with Crippen molar-refractivity contribution in [3.63, 3.8) is 0 Å². The van der Waals surface area contributed by atoms with Gasteiger partial charge in [-0.25, -0.2) is 9.78 Å². The van der Waals surface area contributed by atoms with Crippen molar-refractivity contribution < 1.29 is 9.59 Å². The highest BCUT2D eigenvalue weighted by Gasteiger charge is 2.10. The Morgan fingerprint density at radius 1 is 1.50 bits per heavy atom. The smallest absolute Gasteiger partial charge is 0.321 e. The summed E-state index contributed by atoms with van der Waals surface area (Å²) < 4.78 is 0. The molecule has 0 aliphatic rings. The van der Waals surface area contributed by atoms with E-state index >= 15 is 0 Å². The van der Waals surface area contributed by atoms with Crippen LogP contribution in [0.25, 0.3) is 0 Å². The first kappa shape index (κ1) is 14.4. The summed E-state index contributed by atoms with van der Waals surface area (Å²) in [5, 5.41) is 9.93. The molecular weight excluding hydrogens is 252 g/mol. The third-order valence-corrected chi connectivity index (χ3v) is 3.32. The van der Waals surface area contributed by atoms with Crippen molar-refractivity contribution in [2.75, 3.05) is 18.9 Å². The van der Waals surface area contributed by atoms with Gasteiger partial charge in [0, 0.05) is 12.4 Å². The molecule has 0 fully saturated rings. The Balaban J connectivity index is 2.44. The molecule has 1 aromatic heterocycles. The summed E-state index contributed by atoms with van der Waals surface area (Å²) in [6.45, 7) is 4.13. The number of carbonyl (C=O) groups excluding carboxylic acids is 2. The third kappa shape index (κ3) is 4.33. The molecule has 1 rings (SSSR count). The van der Waals surface area contributed by atoms with Crippen molar-refractivity contribution in [3.05, 3.63) is 11.1 Å². The number of thiazole rings is 1. The predicted octanol–water partition coefficient (Wildman–Crippen LogP) is 1.52. The second-order valence-corrected chi connectivity index (χ2v) is 4.73. The Hall–Kier alpha value is -1.63. The Labute approximate surface area is 110 Å². The second-order valence-electron chi connectivity index (χ2n) is 3.87. The van der Waals surface area contributed by atoms with Crippen molar-refractivity contribution in [1.29, 1.82) is 0 Å². The number of hydrogen-bond acceptors (Lipinski definition) is 4. The van der Waals surface area contributed by atoms with Gasteiger partial charge in [-0.15, -0.1) is 11.3 Å². The quantitative estimate of drug-likeness (QED) is 0.758. The summed E-state index contributed by atoms with van der Waals surface area (Å²) in [6.07, 6.45) is 1.01. The van der Waals surface area contributed by atoms with E-state index in [1.165, 1.54) is 18.4 Å². The minimum atomic E-state index is -0.427. The predicted molar refractivity (Wildman–Crippen MR) is 71.9 cm³/mol. The highest BCUT2D eigenvalue weighted by Crippen LogP contribution is 2.23. The molecule has 0 aliphatic carbocycles. The van der Waals surface area contributed by atoms with Crippen LogP contribution in [-0.4, -0.2) is 30.5 Å². The maximum Gasteiger partial charge on any atom is 0.321 e. The summed E-state index contributed by atoms with van der Waals surface area (Å²) >= 11 is 1.38. The lowest BCUT2D eigenvalue weighted by molar-refractivity contribution is -0.119. The maximum absolute atomic E-state index is 11.4. The number of aromatic nitrogens is 1. The van der Waals surface area contributed by atoms with E-state index in [1.54, 1.807) is 0 Å². The van der Waals surface area contributed by atoms with Crippen molar-refractivity contribution >= 4 is 28.4 Å². The van der Waals surface area contributed by atoms with Crippen molar-refractivity contribution in [3.8, 4) is 0 Å². The fourth-order valence-electron chi connectivity index (χ4n) is 1.17. The molecule has 0 radical (unpaired) electrons. The van der Waals surface area contributed by atoms with E-state index in [1.807, 2.05) is 5.38 Å². The molecule has 0 saturated carbocycles. The first-order chi connectivity index (χ1) is 8.56. The number of rotatable bonds is 5. The Bertz CT molecular complexity index is 419. The second kappa shape index (κ2) is 6.95. The Morgan fingerprint density at radius 3 is 2.83 bits per heavy atom. The zero-order valence-electron chi connectivity index (χ0n) is 10.7. The van der Waals surface area contributed by atoms with E-state index in [4.69, 9.17) is 0 Å². The molecule has 0 aliphatic heterocycles. The minimum absolute atomic E-state index is 0.0497. The molecule has 0 spiro atoms. The van der Waals surface area contributed by atoms with E-state index in [2.05, 4.69) is 34.8 Å². The third-order valence-electron chi connectivity index (χ3n) is 2.55. The number of nitrogens with one attached hydrogen (secondary N) is 3. The van der Waals surface area contributed by atoms with Gasteiger partial charge in [0.05, 0.1) is 12.2 Å². The molecule has 0 bridgehead atoms. The molecule has 3 amide bonds. The first-order valence-electron chi connectivity index (χ1n) is 5.77. The lowest BCUT2D eigenvalue weighted by Gasteiger charge is -2.05. The van der Waals surface area contributed by atoms with E-state index < -0.39 is 6.03 Å². The van der Waals surface area contributed by atoms with Gasteiger partial charge in [-0.3, -0.25) is 10.1 Å². The number of urea groups is 1. The molecule has 1 heterocycles. The monoisotopic (exact) mass is 270 g/mol. The largest absolute Gasteiger partial charge is 0.358 e. The lowest BCUT2D eigenvalue weighted by Crippen LogP contribution is -2.37. The van der Waals surface area contributed by atoms with Gasteiger partial charge >= 0.3 is 6.03 Å². The van der Waals surface area contributed by atoms with Crippen LogP contribution in [0.1, 0.15) is 31.9 Å². The Morgan fingerprint density at radius 2 is 2.22 bits per heavy atom. The summed E-state index contributed by atoms with van der Waals surface area (Å²) in [6, 6.07) is -0.427. The molecule has 1 atom stereocenters. The minimum Gasteiger partial charge on any atom is -0.358 e. The average molecular weight is 270 g/mol. The number of carbonyl (C=O) groups is 2. The first-order valence-corrected chi connectivity index (χ1v) is 6.65. The molecule has 100 valence electrons. The van der Waals surface area contributed by atoms with Crippen LogP contribution >= 0.6 is 11.3 Å². The van der Waals surface area contributed by atoms with Crippen LogP contribution in [0.15, 0.2) is 5.38 Å². The lowest BCUT2D eigenvalue weighted by atomic mass is 10.1. The molecule has 3 N–H and O–H groups in total. The maximum atomic E-state index is 11.4. The van der Waals surface area contributed by atoms with E-state index in [0.717, 1.165) is 12.1 Å². The highest BCUT2D eigenvalue weighted by atomic mass is 32.1. The molecular formula is C11H18N4O2S. The van der Waals surface area contributed by atoms with Crippen LogP contribution in [-0.2, 0) is 4.79 Å². The molecule has 0 saturated heterocycles. The van der Waals surface area contributed by atoms with Gasteiger partial charge in [-0.05, 0) is 12.3 Å². The number of anilines is 1. The van der Waals surface area contributed by atoms with Crippen LogP contribution in [0.5, 0.6) is 0 Å². The van der Waals surface area contributed by atoms with Crippen LogP contribution in [0, 0.1) is 0 Å². The topological polar surface area (TPSA) is 83.1 Å². The van der Waals surface area contributed by atoms with Gasteiger partial charge in [-0.2, -0.15) is 0 Å². The molecule has 6 nitrogen and oxygen atoms in total. The normalized spacial score (nSPS) is 11.7. The average Bonchev–Trinajstić information content (AvgIpc) is 2.83. The van der Waals surface area contributed by atoms with Gasteiger partial charge in [0.15, 0.2) is 5.13 Å². The van der Waals surface area contributed by atoms with Crippen LogP contribution < -0.4 is 16.0 Å². The van der Waals surface area contributed by atoms with Crippen LogP contribution in [0.4, 0.5) is 9.93 Å². The standard InChI is InChI=1S/C11H18N4O2S/c1-4-7(2)8-6-18-11(14-8)15-10(17)13-5-9(16)12-3/h6-7H,4-5H2,1-3H3,(H,12,16)(H2,13,14,15,17)/t7-/m1/s1. The van der Waals surface area contributed by atoms with Crippen LogP contribution in [0.3, 0.4) is 0 Å². The molecule has 18 heavy (non-hydrogen) atoms. The number of hydrogen-bond donors (Lipinski definition) is 3. The zero-order valence-corrected chi connectivity index (χ0v) is 11.6. The van der Waals surface area contributed by atoms with Gasteiger partial charge in [-0.1, -0.05) is 13.8 Å². The molecule has 1 aromatic rings. The molecule has 0 aromatic carbocycles. The fourth-order valence-corrected chi connectivity index (χ4v) is 2.00. The van der Waals surface area contributed by atoms with Gasteiger partial charge in [0.2, 0.25) is 5.91 Å². The van der Waals surface area contributed by atoms with E-state index in [0.29, 0.717) is 11.0 Å². The zero-order chi connectivity index (χ0) is 13.5. The van der Waals surface area contributed by atoms with Crippen molar-refractivity contribution in [2.24, 2.45) is 0 Å². The summed E-state index contributed by atoms with van der Waals surface area (Å²) in [5.74, 6) is 0.135. The van der Waals surface area contributed by atoms with E-state index in [-0.39, 0.29) is 12.5 Å². The highest BCUT2D eigenvalue weighted by molar-refractivity contribution is 7.13. The summed E-state index contributed by atoms with van der Waals surface area (Å²) in [7, 11) is 1.52. The molecule has 0 unspecified atom stereocenters. The van der Waals surface area contributed by atoms with Crippen molar-refractivity contribution in [1.82, 2.24) is 15.6 Å².